The maximum atomic E-state index is 12.5. The van der Waals surface area contributed by atoms with Crippen LogP contribution in [0.4, 0.5) is 0 Å². The van der Waals surface area contributed by atoms with E-state index in [0.717, 1.165) is 37.1 Å². The Morgan fingerprint density at radius 2 is 1.14 bits per heavy atom. The Kier molecular flexibility index (Phi) is 8.68. The fraction of sp³-hybridized carbons (Fsp3) is 0.545. The molecular weight excluding hydrogens is 371 g/mol. The van der Waals surface area contributed by atoms with Crippen LogP contribution in [0.5, 0.6) is 0 Å². The van der Waals surface area contributed by atoms with E-state index in [1.54, 1.807) is 12.4 Å². The van der Waals surface area contributed by atoms with Gasteiger partial charge in [-0.05, 0) is 49.9 Å². The lowest BCUT2D eigenvalue weighted by molar-refractivity contribution is 0.141. The third-order valence-electron chi connectivity index (χ3n) is 6.02. The molecule has 0 N–H and O–H groups in total. The highest BCUT2D eigenvalue weighted by atomic mass is 31.1. The van der Waals surface area contributed by atoms with E-state index in [-0.39, 0.29) is 10.8 Å². The van der Waals surface area contributed by atoms with E-state index in [9.17, 15) is 4.57 Å². The van der Waals surface area contributed by atoms with Gasteiger partial charge in [0.25, 0.3) is 0 Å². The highest BCUT2D eigenvalue weighted by Crippen LogP contribution is 2.38. The molecule has 152 valence electrons. The van der Waals surface area contributed by atoms with Crippen molar-refractivity contribution in [2.45, 2.75) is 64.2 Å². The number of pyridine rings is 2. The largest absolute Gasteiger partial charge is 0.697 e. The second-order valence-corrected chi connectivity index (χ2v) is 8.14. The van der Waals surface area contributed by atoms with Crippen LogP contribution in [-0.4, -0.2) is 23.2 Å². The second kappa shape index (κ2) is 10.8. The van der Waals surface area contributed by atoms with Gasteiger partial charge in [0.05, 0.1) is 0 Å². The van der Waals surface area contributed by atoms with E-state index >= 15 is 0 Å². The first-order valence-corrected chi connectivity index (χ1v) is 11.2. The summed E-state index contributed by atoms with van der Waals surface area (Å²) in [6, 6.07) is 11.8. The zero-order valence-electron chi connectivity index (χ0n) is 17.4. The van der Waals surface area contributed by atoms with Gasteiger partial charge in [0.15, 0.2) is 0 Å². The van der Waals surface area contributed by atoms with Crippen LogP contribution < -0.4 is 0 Å². The lowest BCUT2D eigenvalue weighted by Crippen LogP contribution is -2.32. The summed E-state index contributed by atoms with van der Waals surface area (Å²) >= 11 is 0. The molecule has 0 fully saturated rings. The molecule has 2 rings (SSSR count). The van der Waals surface area contributed by atoms with Gasteiger partial charge >= 0.3 is 8.25 Å². The van der Waals surface area contributed by atoms with Crippen LogP contribution >= 0.6 is 8.25 Å². The minimum Gasteiger partial charge on any atom is -0.261 e. The quantitative estimate of drug-likeness (QED) is 0.408. The predicted octanol–water partition coefficient (Wildman–Crippen LogP) is 5.98. The second-order valence-electron chi connectivity index (χ2n) is 7.18. The smallest absolute Gasteiger partial charge is 0.261 e. The van der Waals surface area contributed by atoms with Crippen molar-refractivity contribution < 1.29 is 13.6 Å². The van der Waals surface area contributed by atoms with E-state index < -0.39 is 8.25 Å². The molecule has 0 aliphatic carbocycles. The van der Waals surface area contributed by atoms with Gasteiger partial charge in [-0.3, -0.25) is 9.97 Å². The molecule has 0 saturated carbocycles. The Morgan fingerprint density at radius 3 is 1.43 bits per heavy atom. The van der Waals surface area contributed by atoms with Gasteiger partial charge in [0.1, 0.15) is 13.2 Å². The van der Waals surface area contributed by atoms with Gasteiger partial charge in [-0.25, -0.2) is 0 Å². The average Bonchev–Trinajstić information content (AvgIpc) is 2.77. The Morgan fingerprint density at radius 1 is 0.750 bits per heavy atom. The van der Waals surface area contributed by atoms with Crippen LogP contribution in [0.25, 0.3) is 0 Å². The Labute approximate surface area is 169 Å². The summed E-state index contributed by atoms with van der Waals surface area (Å²) in [5.41, 5.74) is 1.41. The summed E-state index contributed by atoms with van der Waals surface area (Å²) in [6.07, 6.45) is 6.99. The van der Waals surface area contributed by atoms with E-state index in [1.807, 2.05) is 36.4 Å². The van der Waals surface area contributed by atoms with Crippen molar-refractivity contribution in [2.24, 2.45) is 0 Å². The topological polar surface area (TPSA) is 61.3 Å². The first-order valence-electron chi connectivity index (χ1n) is 10.1. The van der Waals surface area contributed by atoms with Crippen molar-refractivity contribution in [2.75, 3.05) is 13.2 Å². The van der Waals surface area contributed by atoms with Gasteiger partial charge < -0.3 is 0 Å². The molecule has 0 bridgehead atoms. The van der Waals surface area contributed by atoms with Crippen LogP contribution in [0.15, 0.2) is 48.8 Å². The van der Waals surface area contributed by atoms with Crippen molar-refractivity contribution in [1.82, 2.24) is 9.97 Å². The molecule has 0 aliphatic heterocycles. The maximum absolute atomic E-state index is 12.5. The Hall–Kier alpha value is -1.68. The molecule has 28 heavy (non-hydrogen) atoms. The van der Waals surface area contributed by atoms with Crippen LogP contribution in [0.3, 0.4) is 0 Å². The van der Waals surface area contributed by atoms with Crippen LogP contribution in [0, 0.1) is 0 Å². The Balaban J connectivity index is 2.02. The molecule has 0 aliphatic rings. The van der Waals surface area contributed by atoms with Gasteiger partial charge in [-0.2, -0.15) is 0 Å². The van der Waals surface area contributed by atoms with Crippen molar-refractivity contribution in [3.05, 3.63) is 60.2 Å². The molecule has 0 atom stereocenters. The van der Waals surface area contributed by atoms with Crippen molar-refractivity contribution >= 4 is 8.25 Å². The summed E-state index contributed by atoms with van der Waals surface area (Å²) in [7, 11) is -2.22. The summed E-state index contributed by atoms with van der Waals surface area (Å²) in [5.74, 6) is 0. The molecule has 0 aromatic carbocycles. The highest BCUT2D eigenvalue weighted by molar-refractivity contribution is 7.33. The van der Waals surface area contributed by atoms with E-state index in [2.05, 4.69) is 37.7 Å². The summed E-state index contributed by atoms with van der Waals surface area (Å²) in [6.45, 7) is 9.07. The zero-order valence-corrected chi connectivity index (χ0v) is 18.3. The average molecular weight is 403 g/mol. The van der Waals surface area contributed by atoms with Crippen molar-refractivity contribution in [1.29, 1.82) is 0 Å². The Bertz CT molecular complexity index is 656. The van der Waals surface area contributed by atoms with Crippen molar-refractivity contribution in [3.63, 3.8) is 0 Å². The molecule has 0 saturated heterocycles. The van der Waals surface area contributed by atoms with Crippen LogP contribution in [-0.2, 0) is 24.4 Å². The van der Waals surface area contributed by atoms with Gasteiger partial charge in [0.2, 0.25) is 0 Å². The maximum Gasteiger partial charge on any atom is 0.697 e. The SMILES string of the molecule is CCC(CC)(CO[P+](=O)OCC(CC)(CC)c1ccccn1)c1ccccn1. The first kappa shape index (κ1) is 22.6. The first-order chi connectivity index (χ1) is 13.6. The normalized spacial score (nSPS) is 12.1. The molecule has 0 amide bonds. The van der Waals surface area contributed by atoms with Gasteiger partial charge in [-0.15, -0.1) is 9.05 Å². The number of hydrogen-bond donors (Lipinski definition) is 0. The molecule has 6 heteroatoms. The fourth-order valence-electron chi connectivity index (χ4n) is 3.52. The molecule has 2 aromatic rings. The third kappa shape index (κ3) is 5.22. The summed E-state index contributed by atoms with van der Waals surface area (Å²) < 4.78 is 23.9. The molecule has 5 nitrogen and oxygen atoms in total. The predicted molar refractivity (Wildman–Crippen MR) is 113 cm³/mol. The number of nitrogens with zero attached hydrogens (tertiary/aromatic N) is 2. The molecule has 0 unspecified atom stereocenters. The molecular formula is C22H32N2O3P+. The number of rotatable bonds is 12. The lowest BCUT2D eigenvalue weighted by atomic mass is 9.80. The molecule has 0 radical (unpaired) electrons. The number of hydrogen-bond acceptors (Lipinski definition) is 5. The van der Waals surface area contributed by atoms with E-state index in [1.165, 1.54) is 0 Å². The highest BCUT2D eigenvalue weighted by Gasteiger charge is 2.38. The fourth-order valence-corrected chi connectivity index (χ4v) is 4.30. The zero-order chi connectivity index (χ0) is 20.5. The summed E-state index contributed by atoms with van der Waals surface area (Å²) in [4.78, 5) is 9.00. The lowest BCUT2D eigenvalue weighted by Gasteiger charge is -2.29. The van der Waals surface area contributed by atoms with Crippen molar-refractivity contribution in [3.8, 4) is 0 Å². The van der Waals surface area contributed by atoms with Gasteiger partial charge in [-0.1, -0.05) is 39.8 Å². The van der Waals surface area contributed by atoms with Gasteiger partial charge in [0, 0.05) is 39.2 Å². The van der Waals surface area contributed by atoms with Crippen LogP contribution in [0.1, 0.15) is 64.8 Å². The standard InChI is InChI=1S/C22H32N2O3P/c1-5-21(6-2,19-13-9-11-15-23-19)17-26-28(25)27-18-22(7-3,8-4)20-14-10-12-16-24-20/h9-16H,5-8,17-18H2,1-4H3/q+1. The molecule has 2 aromatic heterocycles. The van der Waals surface area contributed by atoms with Crippen LogP contribution in [0.2, 0.25) is 0 Å². The summed E-state index contributed by atoms with van der Waals surface area (Å²) in [5, 5.41) is 0. The van der Waals surface area contributed by atoms with E-state index in [4.69, 9.17) is 9.05 Å². The monoisotopic (exact) mass is 403 g/mol. The minimum atomic E-state index is -2.22. The molecule has 2 heterocycles. The minimum absolute atomic E-state index is 0.261. The molecule has 0 spiro atoms. The van der Waals surface area contributed by atoms with E-state index in [0.29, 0.717) is 13.2 Å². The number of aromatic nitrogens is 2. The third-order valence-corrected chi connectivity index (χ3v) is 6.70.